The van der Waals surface area contributed by atoms with Crippen LogP contribution < -0.4 is 8.37 Å². The van der Waals surface area contributed by atoms with Gasteiger partial charge in [-0.15, -0.1) is 0 Å². The van der Waals surface area contributed by atoms with Gasteiger partial charge in [-0.05, 0) is 24.3 Å². The molecule has 22 heavy (non-hydrogen) atoms. The predicted molar refractivity (Wildman–Crippen MR) is 81.7 cm³/mol. The first-order chi connectivity index (χ1) is 10.4. The van der Waals surface area contributed by atoms with Gasteiger partial charge in [-0.25, -0.2) is 0 Å². The molecule has 0 fully saturated rings. The first kappa shape index (κ1) is 16.3. The monoisotopic (exact) mass is 342 g/mol. The fourth-order valence-electron chi connectivity index (χ4n) is 1.53. The van der Waals surface area contributed by atoms with Crippen LogP contribution in [0.1, 0.15) is 0 Å². The molecular formula is C14H14O6S2. The summed E-state index contributed by atoms with van der Waals surface area (Å²) in [7, 11) is -8.04. The Morgan fingerprint density at radius 1 is 0.591 bits per heavy atom. The second-order valence-electron chi connectivity index (χ2n) is 4.32. The molecule has 0 saturated heterocycles. The molecule has 118 valence electrons. The average Bonchev–Trinajstić information content (AvgIpc) is 2.47. The molecular weight excluding hydrogens is 328 g/mol. The lowest BCUT2D eigenvalue weighted by Crippen LogP contribution is -2.24. The molecule has 2 aromatic rings. The maximum absolute atomic E-state index is 11.8. The highest BCUT2D eigenvalue weighted by Gasteiger charge is 2.21. The van der Waals surface area contributed by atoms with Crippen molar-refractivity contribution in [3.63, 3.8) is 0 Å². The first-order valence-electron chi connectivity index (χ1n) is 6.31. The van der Waals surface area contributed by atoms with E-state index in [2.05, 4.69) is 0 Å². The van der Waals surface area contributed by atoms with Crippen molar-refractivity contribution in [2.24, 2.45) is 0 Å². The van der Waals surface area contributed by atoms with Crippen LogP contribution in [-0.4, -0.2) is 28.3 Å². The Kier molecular flexibility index (Phi) is 5.04. The zero-order valence-electron chi connectivity index (χ0n) is 11.5. The number of hydrogen-bond donors (Lipinski definition) is 0. The van der Waals surface area contributed by atoms with Gasteiger partial charge in [-0.3, -0.25) is 0 Å². The summed E-state index contributed by atoms with van der Waals surface area (Å²) >= 11 is 0. The van der Waals surface area contributed by atoms with E-state index in [1.54, 1.807) is 36.4 Å². The molecule has 0 radical (unpaired) electrons. The number of benzene rings is 2. The van der Waals surface area contributed by atoms with E-state index in [4.69, 9.17) is 8.37 Å². The fourth-order valence-corrected chi connectivity index (χ4v) is 4.14. The fraction of sp³-hybridized carbons (Fsp3) is 0.143. The maximum atomic E-state index is 11.8. The normalized spacial score (nSPS) is 11.8. The van der Waals surface area contributed by atoms with Crippen LogP contribution in [0, 0.1) is 0 Å². The van der Waals surface area contributed by atoms with Gasteiger partial charge >= 0.3 is 20.2 Å². The van der Waals surface area contributed by atoms with Crippen LogP contribution in [0.5, 0.6) is 11.5 Å². The van der Waals surface area contributed by atoms with Crippen molar-refractivity contribution in [2.75, 3.05) is 11.5 Å². The minimum Gasteiger partial charge on any atom is -0.382 e. The Morgan fingerprint density at radius 2 is 0.909 bits per heavy atom. The summed E-state index contributed by atoms with van der Waals surface area (Å²) in [5.41, 5.74) is 0. The van der Waals surface area contributed by atoms with Crippen molar-refractivity contribution < 1.29 is 25.2 Å². The third-order valence-corrected chi connectivity index (χ3v) is 5.08. The third kappa shape index (κ3) is 5.38. The molecule has 2 rings (SSSR count). The van der Waals surface area contributed by atoms with Crippen molar-refractivity contribution in [3.8, 4) is 11.5 Å². The van der Waals surface area contributed by atoms with Gasteiger partial charge in [-0.1, -0.05) is 36.4 Å². The highest BCUT2D eigenvalue weighted by Crippen LogP contribution is 2.14. The van der Waals surface area contributed by atoms with Gasteiger partial charge in [0.15, 0.2) is 0 Å². The lowest BCUT2D eigenvalue weighted by atomic mass is 10.3. The van der Waals surface area contributed by atoms with Crippen LogP contribution in [-0.2, 0) is 20.2 Å². The summed E-state index contributed by atoms with van der Waals surface area (Å²) in [6.45, 7) is 0. The van der Waals surface area contributed by atoms with Gasteiger partial charge in [0.25, 0.3) is 0 Å². The van der Waals surface area contributed by atoms with E-state index >= 15 is 0 Å². The standard InChI is InChI=1S/C14H14O6S2/c15-21(16,19-13-7-3-1-4-8-13)11-12-22(17,18)20-14-9-5-2-6-10-14/h1-10H,11-12H2. The summed E-state index contributed by atoms with van der Waals surface area (Å²) in [4.78, 5) is 0. The molecule has 0 saturated carbocycles. The molecule has 6 nitrogen and oxygen atoms in total. The lowest BCUT2D eigenvalue weighted by Gasteiger charge is -2.08. The largest absolute Gasteiger partial charge is 0.382 e. The molecule has 0 aromatic heterocycles. The maximum Gasteiger partial charge on any atom is 0.310 e. The van der Waals surface area contributed by atoms with Crippen molar-refractivity contribution in [1.29, 1.82) is 0 Å². The van der Waals surface area contributed by atoms with Gasteiger partial charge in [0, 0.05) is 0 Å². The van der Waals surface area contributed by atoms with Crippen molar-refractivity contribution >= 4 is 20.2 Å². The van der Waals surface area contributed by atoms with E-state index in [0.29, 0.717) is 0 Å². The lowest BCUT2D eigenvalue weighted by molar-refractivity contribution is 0.475. The van der Waals surface area contributed by atoms with E-state index in [1.165, 1.54) is 24.3 Å². The third-order valence-electron chi connectivity index (χ3n) is 2.52. The van der Waals surface area contributed by atoms with Crippen molar-refractivity contribution in [2.45, 2.75) is 0 Å². The number of rotatable bonds is 7. The summed E-state index contributed by atoms with van der Waals surface area (Å²) in [6, 6.07) is 15.7. The molecule has 0 atom stereocenters. The van der Waals surface area contributed by atoms with E-state index in [-0.39, 0.29) is 11.5 Å². The Bertz CT molecular complexity index is 727. The molecule has 0 unspecified atom stereocenters. The molecule has 0 N–H and O–H groups in total. The Morgan fingerprint density at radius 3 is 1.23 bits per heavy atom. The Hall–Kier alpha value is -2.06. The molecule has 0 bridgehead atoms. The summed E-state index contributed by atoms with van der Waals surface area (Å²) in [5.74, 6) is -1.14. The molecule has 0 spiro atoms. The first-order valence-corrected chi connectivity index (χ1v) is 9.46. The summed E-state index contributed by atoms with van der Waals surface area (Å²) in [5, 5.41) is 0. The van der Waals surface area contributed by atoms with Gasteiger partial charge in [0.1, 0.15) is 23.0 Å². The summed E-state index contributed by atoms with van der Waals surface area (Å²) in [6.07, 6.45) is 0. The van der Waals surface area contributed by atoms with Crippen LogP contribution >= 0.6 is 0 Å². The van der Waals surface area contributed by atoms with Gasteiger partial charge < -0.3 is 8.37 Å². The Labute approximate surface area is 129 Å². The van der Waals surface area contributed by atoms with Crippen LogP contribution in [0.2, 0.25) is 0 Å². The zero-order valence-corrected chi connectivity index (χ0v) is 13.1. The average molecular weight is 342 g/mol. The van der Waals surface area contributed by atoms with Crippen LogP contribution in [0.25, 0.3) is 0 Å². The highest BCUT2D eigenvalue weighted by molar-refractivity contribution is 7.90. The quantitative estimate of drug-likeness (QED) is 0.713. The SMILES string of the molecule is O=S(=O)(CCS(=O)(=O)Oc1ccccc1)Oc1ccccc1. The second-order valence-corrected chi connectivity index (χ2v) is 7.70. The molecule has 0 aliphatic carbocycles. The molecule has 0 aliphatic heterocycles. The van der Waals surface area contributed by atoms with Gasteiger partial charge in [0.2, 0.25) is 0 Å². The highest BCUT2D eigenvalue weighted by atomic mass is 32.2. The van der Waals surface area contributed by atoms with Gasteiger partial charge in [-0.2, -0.15) is 16.8 Å². The van der Waals surface area contributed by atoms with Crippen molar-refractivity contribution in [1.82, 2.24) is 0 Å². The van der Waals surface area contributed by atoms with E-state index in [0.717, 1.165) is 0 Å². The van der Waals surface area contributed by atoms with E-state index in [1.807, 2.05) is 0 Å². The van der Waals surface area contributed by atoms with Gasteiger partial charge in [0.05, 0.1) is 0 Å². The van der Waals surface area contributed by atoms with E-state index in [9.17, 15) is 16.8 Å². The smallest absolute Gasteiger partial charge is 0.310 e. The number of hydrogen-bond acceptors (Lipinski definition) is 6. The molecule has 0 heterocycles. The van der Waals surface area contributed by atoms with Crippen LogP contribution in [0.3, 0.4) is 0 Å². The van der Waals surface area contributed by atoms with Crippen LogP contribution in [0.15, 0.2) is 60.7 Å². The Balaban J connectivity index is 1.96. The summed E-state index contributed by atoms with van der Waals surface area (Å²) < 4.78 is 56.6. The minimum absolute atomic E-state index is 0.129. The van der Waals surface area contributed by atoms with Crippen LogP contribution in [0.4, 0.5) is 0 Å². The molecule has 0 amide bonds. The molecule has 0 aliphatic rings. The molecule has 8 heteroatoms. The minimum atomic E-state index is -4.02. The topological polar surface area (TPSA) is 86.7 Å². The second kappa shape index (κ2) is 6.80. The number of para-hydroxylation sites is 2. The molecule has 2 aromatic carbocycles. The van der Waals surface area contributed by atoms with E-state index < -0.39 is 31.7 Å². The predicted octanol–water partition coefficient (Wildman–Crippen LogP) is 1.80. The zero-order chi connectivity index (χ0) is 16.1. The van der Waals surface area contributed by atoms with Crippen molar-refractivity contribution in [3.05, 3.63) is 60.7 Å².